The molecule has 2 amide bonds. The van der Waals surface area contributed by atoms with E-state index in [4.69, 9.17) is 0 Å². The quantitative estimate of drug-likeness (QED) is 0.685. The molecular weight excluding hydrogens is 218 g/mol. The zero-order valence-corrected chi connectivity index (χ0v) is 11.2. The molecule has 0 spiro atoms. The molecule has 1 aliphatic rings. The van der Waals surface area contributed by atoms with E-state index in [1.165, 1.54) is 0 Å². The van der Waals surface area contributed by atoms with Crippen LogP contribution in [0.15, 0.2) is 0 Å². The van der Waals surface area contributed by atoms with Gasteiger partial charge >= 0.3 is 11.8 Å². The molecule has 98 valence electrons. The Labute approximate surface area is 103 Å². The lowest BCUT2D eigenvalue weighted by Crippen LogP contribution is -2.57. The highest BCUT2D eigenvalue weighted by Gasteiger charge is 2.33. The molecule has 1 fully saturated rings. The molecule has 1 atom stereocenters. The second-order valence-corrected chi connectivity index (χ2v) is 5.01. The third kappa shape index (κ3) is 3.43. The first-order chi connectivity index (χ1) is 7.97. The molecule has 0 aromatic heterocycles. The monoisotopic (exact) mass is 241 g/mol. The Morgan fingerprint density at radius 3 is 2.35 bits per heavy atom. The van der Waals surface area contributed by atoms with E-state index in [9.17, 15) is 9.59 Å². The first-order valence-corrected chi connectivity index (χ1v) is 6.21. The third-order valence-corrected chi connectivity index (χ3v) is 3.05. The van der Waals surface area contributed by atoms with Crippen molar-refractivity contribution in [2.24, 2.45) is 5.92 Å². The zero-order chi connectivity index (χ0) is 13.0. The molecule has 0 aromatic rings. The number of hydrogen-bond donors (Lipinski definition) is 1. The van der Waals surface area contributed by atoms with E-state index in [1.807, 2.05) is 20.9 Å². The molecule has 1 unspecified atom stereocenters. The molecule has 0 saturated carbocycles. The third-order valence-electron chi connectivity index (χ3n) is 3.05. The van der Waals surface area contributed by atoms with E-state index < -0.39 is 0 Å². The number of hydrogen-bond acceptors (Lipinski definition) is 3. The van der Waals surface area contributed by atoms with E-state index in [0.29, 0.717) is 25.6 Å². The number of nitrogens with zero attached hydrogens (tertiary/aromatic N) is 2. The van der Waals surface area contributed by atoms with Crippen molar-refractivity contribution in [3.63, 3.8) is 0 Å². The second-order valence-electron chi connectivity index (χ2n) is 5.01. The Kier molecular flexibility index (Phi) is 4.93. The van der Waals surface area contributed by atoms with Gasteiger partial charge in [0.15, 0.2) is 0 Å². The van der Waals surface area contributed by atoms with Crippen LogP contribution in [0.3, 0.4) is 0 Å². The lowest BCUT2D eigenvalue weighted by molar-refractivity contribution is -0.157. The van der Waals surface area contributed by atoms with Crippen LogP contribution >= 0.6 is 0 Å². The molecule has 1 N–H and O–H groups in total. The van der Waals surface area contributed by atoms with Crippen molar-refractivity contribution in [1.29, 1.82) is 0 Å². The van der Waals surface area contributed by atoms with Gasteiger partial charge in [-0.05, 0) is 33.4 Å². The SMILES string of the molecule is CNCC(C)CN1CCN(C(C)C)C(=O)C1=O. The number of carbonyl (C=O) groups excluding carboxylic acids is 2. The maximum absolute atomic E-state index is 11.9. The Morgan fingerprint density at radius 1 is 1.18 bits per heavy atom. The largest absolute Gasteiger partial charge is 0.332 e. The van der Waals surface area contributed by atoms with Gasteiger partial charge in [-0.25, -0.2) is 0 Å². The van der Waals surface area contributed by atoms with Gasteiger partial charge in [-0.1, -0.05) is 6.92 Å². The Bertz CT molecular complexity index is 291. The van der Waals surface area contributed by atoms with E-state index >= 15 is 0 Å². The molecule has 17 heavy (non-hydrogen) atoms. The molecule has 1 heterocycles. The van der Waals surface area contributed by atoms with E-state index in [0.717, 1.165) is 6.54 Å². The van der Waals surface area contributed by atoms with E-state index in [-0.39, 0.29) is 17.9 Å². The van der Waals surface area contributed by atoms with Gasteiger partial charge in [0, 0.05) is 25.7 Å². The highest BCUT2D eigenvalue weighted by molar-refractivity contribution is 6.35. The molecular formula is C12H23N3O2. The number of amides is 2. The average molecular weight is 241 g/mol. The van der Waals surface area contributed by atoms with Gasteiger partial charge in [0.05, 0.1) is 0 Å². The lowest BCUT2D eigenvalue weighted by Gasteiger charge is -2.37. The normalized spacial score (nSPS) is 19.1. The van der Waals surface area contributed by atoms with Crippen molar-refractivity contribution < 1.29 is 9.59 Å². The topological polar surface area (TPSA) is 52.6 Å². The van der Waals surface area contributed by atoms with Crippen LogP contribution in [-0.2, 0) is 9.59 Å². The predicted octanol–water partition coefficient (Wildman–Crippen LogP) is -0.0789. The maximum Gasteiger partial charge on any atom is 0.312 e. The number of nitrogens with one attached hydrogen (secondary N) is 1. The number of piperazine rings is 1. The first-order valence-electron chi connectivity index (χ1n) is 6.21. The van der Waals surface area contributed by atoms with Crippen molar-refractivity contribution in [3.05, 3.63) is 0 Å². The van der Waals surface area contributed by atoms with Crippen molar-refractivity contribution >= 4 is 11.8 Å². The summed E-state index contributed by atoms with van der Waals surface area (Å²) in [6.07, 6.45) is 0. The standard InChI is InChI=1S/C12H23N3O2/c1-9(2)15-6-5-14(11(16)12(15)17)8-10(3)7-13-4/h9-10,13H,5-8H2,1-4H3. The second kappa shape index (κ2) is 6.00. The Morgan fingerprint density at radius 2 is 1.82 bits per heavy atom. The summed E-state index contributed by atoms with van der Waals surface area (Å²) in [6.45, 7) is 8.74. The van der Waals surface area contributed by atoms with Crippen molar-refractivity contribution in [1.82, 2.24) is 15.1 Å². The van der Waals surface area contributed by atoms with Crippen LogP contribution in [-0.4, -0.2) is 60.9 Å². The van der Waals surface area contributed by atoms with Crippen LogP contribution in [0.25, 0.3) is 0 Å². The van der Waals surface area contributed by atoms with Gasteiger partial charge in [-0.2, -0.15) is 0 Å². The smallest absolute Gasteiger partial charge is 0.312 e. The molecule has 0 aromatic carbocycles. The summed E-state index contributed by atoms with van der Waals surface area (Å²) >= 11 is 0. The fourth-order valence-corrected chi connectivity index (χ4v) is 2.15. The van der Waals surface area contributed by atoms with Crippen LogP contribution in [0.5, 0.6) is 0 Å². The summed E-state index contributed by atoms with van der Waals surface area (Å²) < 4.78 is 0. The molecule has 5 heteroatoms. The van der Waals surface area contributed by atoms with Gasteiger partial charge in [-0.3, -0.25) is 9.59 Å². The van der Waals surface area contributed by atoms with Gasteiger partial charge in [0.1, 0.15) is 0 Å². The minimum Gasteiger partial charge on any atom is -0.332 e. The lowest BCUT2D eigenvalue weighted by atomic mass is 10.1. The minimum atomic E-state index is -0.358. The molecule has 1 rings (SSSR count). The average Bonchev–Trinajstić information content (AvgIpc) is 2.25. The summed E-state index contributed by atoms with van der Waals surface area (Å²) in [4.78, 5) is 27.0. The Balaban J connectivity index is 2.56. The van der Waals surface area contributed by atoms with Gasteiger partial charge in [0.2, 0.25) is 0 Å². The zero-order valence-electron chi connectivity index (χ0n) is 11.2. The molecule has 0 aliphatic carbocycles. The first kappa shape index (κ1) is 14.0. The highest BCUT2D eigenvalue weighted by Crippen LogP contribution is 2.10. The van der Waals surface area contributed by atoms with Crippen LogP contribution in [0.4, 0.5) is 0 Å². The van der Waals surface area contributed by atoms with Gasteiger partial charge in [0.25, 0.3) is 0 Å². The minimum absolute atomic E-state index is 0.100. The summed E-state index contributed by atoms with van der Waals surface area (Å²) in [5.41, 5.74) is 0. The Hall–Kier alpha value is -1.10. The highest BCUT2D eigenvalue weighted by atomic mass is 16.2. The predicted molar refractivity (Wildman–Crippen MR) is 66.5 cm³/mol. The van der Waals surface area contributed by atoms with Crippen LogP contribution in [0.2, 0.25) is 0 Å². The van der Waals surface area contributed by atoms with Gasteiger partial charge < -0.3 is 15.1 Å². The fraction of sp³-hybridized carbons (Fsp3) is 0.833. The molecule has 1 aliphatic heterocycles. The fourth-order valence-electron chi connectivity index (χ4n) is 2.15. The van der Waals surface area contributed by atoms with Crippen molar-refractivity contribution in [2.45, 2.75) is 26.8 Å². The number of carbonyl (C=O) groups is 2. The maximum atomic E-state index is 11.9. The van der Waals surface area contributed by atoms with Crippen molar-refractivity contribution in [3.8, 4) is 0 Å². The number of rotatable bonds is 5. The summed E-state index contributed by atoms with van der Waals surface area (Å²) in [5.74, 6) is -0.349. The summed E-state index contributed by atoms with van der Waals surface area (Å²) in [6, 6.07) is 0.100. The molecule has 0 bridgehead atoms. The van der Waals surface area contributed by atoms with E-state index in [2.05, 4.69) is 12.2 Å². The molecule has 1 saturated heterocycles. The van der Waals surface area contributed by atoms with Crippen LogP contribution in [0, 0.1) is 5.92 Å². The summed E-state index contributed by atoms with van der Waals surface area (Å²) in [7, 11) is 1.89. The van der Waals surface area contributed by atoms with Crippen LogP contribution < -0.4 is 5.32 Å². The molecule has 0 radical (unpaired) electrons. The van der Waals surface area contributed by atoms with E-state index in [1.54, 1.807) is 9.80 Å². The molecule has 5 nitrogen and oxygen atoms in total. The van der Waals surface area contributed by atoms with Gasteiger partial charge in [-0.15, -0.1) is 0 Å². The van der Waals surface area contributed by atoms with Crippen molar-refractivity contribution in [2.75, 3.05) is 33.2 Å². The van der Waals surface area contributed by atoms with Crippen LogP contribution in [0.1, 0.15) is 20.8 Å². The summed E-state index contributed by atoms with van der Waals surface area (Å²) in [5, 5.41) is 3.08.